The number of ether oxygens (including phenoxy) is 1. The van der Waals surface area contributed by atoms with Crippen molar-refractivity contribution in [2.75, 3.05) is 33.4 Å². The summed E-state index contributed by atoms with van der Waals surface area (Å²) >= 11 is 0. The van der Waals surface area contributed by atoms with Crippen LogP contribution in [0.25, 0.3) is 0 Å². The van der Waals surface area contributed by atoms with Crippen molar-refractivity contribution in [3.8, 4) is 0 Å². The number of hydrogen-bond acceptors (Lipinski definition) is 4. The van der Waals surface area contributed by atoms with Crippen LogP contribution in [0.1, 0.15) is 5.69 Å². The summed E-state index contributed by atoms with van der Waals surface area (Å²) < 4.78 is 5.30. The van der Waals surface area contributed by atoms with Gasteiger partial charge in [0.05, 0.1) is 18.9 Å². The van der Waals surface area contributed by atoms with Crippen molar-refractivity contribution >= 4 is 0 Å². The van der Waals surface area contributed by atoms with Gasteiger partial charge in [0.2, 0.25) is 0 Å². The molecule has 0 amide bonds. The molecule has 1 aromatic rings. The molecular formula is C11H19N3O. The Morgan fingerprint density at radius 1 is 1.40 bits per heavy atom. The first-order chi connectivity index (χ1) is 7.33. The van der Waals surface area contributed by atoms with Crippen molar-refractivity contribution < 1.29 is 4.74 Å². The van der Waals surface area contributed by atoms with Crippen molar-refractivity contribution in [1.29, 1.82) is 0 Å². The molecule has 0 radical (unpaired) electrons. The Labute approximate surface area is 91.1 Å². The number of nitrogens with two attached hydrogens (primary N) is 1. The molecule has 84 valence electrons. The molecule has 0 aliphatic carbocycles. The maximum absolute atomic E-state index is 5.32. The van der Waals surface area contributed by atoms with Crippen molar-refractivity contribution in [2.24, 2.45) is 5.73 Å². The molecule has 4 nitrogen and oxygen atoms in total. The van der Waals surface area contributed by atoms with Gasteiger partial charge in [-0.3, -0.25) is 9.88 Å². The number of aromatic nitrogens is 1. The van der Waals surface area contributed by atoms with Gasteiger partial charge in [-0.15, -0.1) is 0 Å². The molecule has 0 bridgehead atoms. The molecule has 0 fully saturated rings. The van der Waals surface area contributed by atoms with Crippen molar-refractivity contribution in [3.05, 3.63) is 30.1 Å². The van der Waals surface area contributed by atoms with E-state index in [9.17, 15) is 0 Å². The summed E-state index contributed by atoms with van der Waals surface area (Å²) in [5, 5.41) is 0. The number of hydrogen-bond donors (Lipinski definition) is 1. The molecule has 0 aliphatic heterocycles. The molecule has 1 rings (SSSR count). The third-order valence-electron chi connectivity index (χ3n) is 2.04. The van der Waals surface area contributed by atoms with Gasteiger partial charge in [0.25, 0.3) is 0 Å². The molecule has 0 saturated carbocycles. The standard InChI is InChI=1S/C11H19N3O/c1-14(7-9-15-8-5-12)10-11-4-2-3-6-13-11/h2-4,6H,5,7-10,12H2,1H3. The molecule has 0 spiro atoms. The molecular weight excluding hydrogens is 190 g/mol. The van der Waals surface area contributed by atoms with E-state index in [1.165, 1.54) is 0 Å². The lowest BCUT2D eigenvalue weighted by Crippen LogP contribution is -2.24. The summed E-state index contributed by atoms with van der Waals surface area (Å²) in [4.78, 5) is 6.44. The Balaban J connectivity index is 2.16. The van der Waals surface area contributed by atoms with Gasteiger partial charge >= 0.3 is 0 Å². The van der Waals surface area contributed by atoms with Gasteiger partial charge in [0.1, 0.15) is 0 Å². The van der Waals surface area contributed by atoms with Crippen LogP contribution in [0.2, 0.25) is 0 Å². The lowest BCUT2D eigenvalue weighted by Gasteiger charge is -2.15. The first-order valence-electron chi connectivity index (χ1n) is 5.19. The van der Waals surface area contributed by atoms with Crippen LogP contribution in [0.3, 0.4) is 0 Å². The van der Waals surface area contributed by atoms with Crippen LogP contribution in [0.4, 0.5) is 0 Å². The van der Waals surface area contributed by atoms with Gasteiger partial charge in [-0.25, -0.2) is 0 Å². The van der Waals surface area contributed by atoms with E-state index in [-0.39, 0.29) is 0 Å². The monoisotopic (exact) mass is 209 g/mol. The Bertz CT molecular complexity index is 253. The molecule has 1 aromatic heterocycles. The van der Waals surface area contributed by atoms with Gasteiger partial charge < -0.3 is 10.5 Å². The summed E-state index contributed by atoms with van der Waals surface area (Å²) in [5.41, 5.74) is 6.40. The van der Waals surface area contributed by atoms with Crippen LogP contribution >= 0.6 is 0 Å². The minimum atomic E-state index is 0.587. The molecule has 2 N–H and O–H groups in total. The maximum atomic E-state index is 5.32. The topological polar surface area (TPSA) is 51.4 Å². The Kier molecular flexibility index (Phi) is 5.92. The third kappa shape index (κ3) is 5.47. The fourth-order valence-electron chi connectivity index (χ4n) is 1.25. The van der Waals surface area contributed by atoms with Gasteiger partial charge in [-0.1, -0.05) is 6.07 Å². The lowest BCUT2D eigenvalue weighted by atomic mass is 10.3. The van der Waals surface area contributed by atoms with Crippen LogP contribution in [0.15, 0.2) is 24.4 Å². The normalized spacial score (nSPS) is 10.9. The van der Waals surface area contributed by atoms with Crippen LogP contribution in [0, 0.1) is 0 Å². The Hall–Kier alpha value is -0.970. The number of nitrogens with zero attached hydrogens (tertiary/aromatic N) is 2. The van der Waals surface area contributed by atoms with Crippen molar-refractivity contribution in [1.82, 2.24) is 9.88 Å². The molecule has 0 aromatic carbocycles. The zero-order valence-corrected chi connectivity index (χ0v) is 9.22. The maximum Gasteiger partial charge on any atom is 0.0594 e. The van der Waals surface area contributed by atoms with Crippen LogP contribution in [-0.2, 0) is 11.3 Å². The summed E-state index contributed by atoms with van der Waals surface area (Å²) in [6.07, 6.45) is 1.81. The van der Waals surface area contributed by atoms with E-state index in [1.54, 1.807) is 0 Å². The van der Waals surface area contributed by atoms with Crippen LogP contribution < -0.4 is 5.73 Å². The smallest absolute Gasteiger partial charge is 0.0594 e. The average molecular weight is 209 g/mol. The van der Waals surface area contributed by atoms with E-state index in [1.807, 2.05) is 24.4 Å². The highest BCUT2D eigenvalue weighted by molar-refractivity contribution is 5.02. The molecule has 15 heavy (non-hydrogen) atoms. The van der Waals surface area contributed by atoms with E-state index < -0.39 is 0 Å². The van der Waals surface area contributed by atoms with E-state index in [4.69, 9.17) is 10.5 Å². The summed E-state index contributed by atoms with van der Waals surface area (Å²) in [6.45, 7) is 3.70. The molecule has 0 atom stereocenters. The largest absolute Gasteiger partial charge is 0.379 e. The SMILES string of the molecule is CN(CCOCCN)Cc1ccccn1. The first-order valence-corrected chi connectivity index (χ1v) is 5.19. The second-order valence-corrected chi connectivity index (χ2v) is 3.46. The molecule has 1 heterocycles. The predicted molar refractivity (Wildman–Crippen MR) is 60.4 cm³/mol. The second kappa shape index (κ2) is 7.34. The molecule has 0 unspecified atom stereocenters. The number of rotatable bonds is 7. The first kappa shape index (κ1) is 12.1. The Morgan fingerprint density at radius 2 is 2.27 bits per heavy atom. The quantitative estimate of drug-likeness (QED) is 0.664. The van der Waals surface area contributed by atoms with Crippen LogP contribution in [-0.4, -0.2) is 43.2 Å². The number of pyridine rings is 1. The fraction of sp³-hybridized carbons (Fsp3) is 0.545. The molecule has 0 saturated heterocycles. The highest BCUT2D eigenvalue weighted by Gasteiger charge is 2.00. The number of likely N-dealkylation sites (N-methyl/N-ethyl adjacent to an activating group) is 1. The van der Waals surface area contributed by atoms with E-state index >= 15 is 0 Å². The summed E-state index contributed by atoms with van der Waals surface area (Å²) in [7, 11) is 2.06. The minimum Gasteiger partial charge on any atom is -0.379 e. The summed E-state index contributed by atoms with van der Waals surface area (Å²) in [6, 6.07) is 5.95. The average Bonchev–Trinajstić information content (AvgIpc) is 2.26. The van der Waals surface area contributed by atoms with Gasteiger partial charge in [-0.05, 0) is 19.2 Å². The van der Waals surface area contributed by atoms with Gasteiger partial charge in [0, 0.05) is 25.8 Å². The highest BCUT2D eigenvalue weighted by Crippen LogP contribution is 1.97. The predicted octanol–water partition coefficient (Wildman–Crippen LogP) is 0.489. The molecule has 0 aliphatic rings. The van der Waals surface area contributed by atoms with Crippen LogP contribution in [0.5, 0.6) is 0 Å². The van der Waals surface area contributed by atoms with Gasteiger partial charge in [-0.2, -0.15) is 0 Å². The van der Waals surface area contributed by atoms with E-state index in [0.717, 1.165) is 25.4 Å². The van der Waals surface area contributed by atoms with E-state index in [2.05, 4.69) is 16.9 Å². The van der Waals surface area contributed by atoms with Gasteiger partial charge in [0.15, 0.2) is 0 Å². The zero-order chi connectivity index (χ0) is 10.9. The third-order valence-corrected chi connectivity index (χ3v) is 2.04. The molecule has 4 heteroatoms. The van der Waals surface area contributed by atoms with Crippen molar-refractivity contribution in [2.45, 2.75) is 6.54 Å². The zero-order valence-electron chi connectivity index (χ0n) is 9.22. The van der Waals surface area contributed by atoms with E-state index in [0.29, 0.717) is 13.2 Å². The second-order valence-electron chi connectivity index (χ2n) is 3.46. The fourth-order valence-corrected chi connectivity index (χ4v) is 1.25. The Morgan fingerprint density at radius 3 is 2.93 bits per heavy atom. The van der Waals surface area contributed by atoms with Crippen molar-refractivity contribution in [3.63, 3.8) is 0 Å². The lowest BCUT2D eigenvalue weighted by molar-refractivity contribution is 0.115. The summed E-state index contributed by atoms with van der Waals surface area (Å²) in [5.74, 6) is 0. The highest BCUT2D eigenvalue weighted by atomic mass is 16.5. The minimum absolute atomic E-state index is 0.587.